The SMILES string of the molecule is CC(=O)c1ccc(-c2ccc(OCCN3CCCCC3)cc2)cc1.CC1CCCCC1. The highest BCUT2D eigenvalue weighted by molar-refractivity contribution is 5.94. The van der Waals surface area contributed by atoms with Gasteiger partial charge in [0.1, 0.15) is 12.4 Å². The van der Waals surface area contributed by atoms with Crippen molar-refractivity contribution in [3.8, 4) is 16.9 Å². The van der Waals surface area contributed by atoms with Crippen LogP contribution < -0.4 is 4.74 Å². The Morgan fingerprint density at radius 3 is 1.90 bits per heavy atom. The molecule has 2 fully saturated rings. The maximum atomic E-state index is 11.3. The van der Waals surface area contributed by atoms with Crippen LogP contribution in [0.3, 0.4) is 0 Å². The minimum Gasteiger partial charge on any atom is -0.492 e. The van der Waals surface area contributed by atoms with E-state index in [9.17, 15) is 4.79 Å². The van der Waals surface area contributed by atoms with Crippen molar-refractivity contribution in [2.24, 2.45) is 5.92 Å². The van der Waals surface area contributed by atoms with E-state index in [0.717, 1.165) is 41.5 Å². The molecule has 0 atom stereocenters. The Kier molecular flexibility index (Phi) is 9.61. The Morgan fingerprint density at radius 1 is 0.839 bits per heavy atom. The van der Waals surface area contributed by atoms with Gasteiger partial charge in [-0.3, -0.25) is 9.69 Å². The fraction of sp³-hybridized carbons (Fsp3) is 0.536. The number of Topliss-reactive ketones (excluding diaryl/α,β-unsaturated/α-hetero) is 1. The Hall–Kier alpha value is -2.13. The molecule has 1 aliphatic carbocycles. The summed E-state index contributed by atoms with van der Waals surface area (Å²) >= 11 is 0. The van der Waals surface area contributed by atoms with Crippen LogP contribution in [0.5, 0.6) is 5.75 Å². The zero-order valence-electron chi connectivity index (χ0n) is 19.4. The number of carbonyl (C=O) groups excluding carboxylic acids is 1. The molecule has 1 saturated heterocycles. The van der Waals surface area contributed by atoms with E-state index in [-0.39, 0.29) is 5.78 Å². The van der Waals surface area contributed by atoms with Crippen molar-refractivity contribution in [1.82, 2.24) is 4.90 Å². The molecule has 0 aromatic heterocycles. The topological polar surface area (TPSA) is 29.5 Å². The lowest BCUT2D eigenvalue weighted by molar-refractivity contribution is 0.101. The van der Waals surface area contributed by atoms with Crippen LogP contribution in [0.2, 0.25) is 0 Å². The van der Waals surface area contributed by atoms with Gasteiger partial charge in [-0.1, -0.05) is 81.8 Å². The minimum absolute atomic E-state index is 0.0963. The van der Waals surface area contributed by atoms with Gasteiger partial charge in [0.15, 0.2) is 5.78 Å². The van der Waals surface area contributed by atoms with E-state index in [0.29, 0.717) is 0 Å². The molecule has 4 rings (SSSR count). The van der Waals surface area contributed by atoms with Crippen molar-refractivity contribution in [1.29, 1.82) is 0 Å². The summed E-state index contributed by atoms with van der Waals surface area (Å²) in [5.74, 6) is 2.05. The predicted molar refractivity (Wildman–Crippen MR) is 130 cm³/mol. The number of nitrogens with zero attached hydrogens (tertiary/aromatic N) is 1. The lowest BCUT2D eigenvalue weighted by Gasteiger charge is -2.26. The van der Waals surface area contributed by atoms with Gasteiger partial charge in [-0.15, -0.1) is 0 Å². The summed E-state index contributed by atoms with van der Waals surface area (Å²) in [7, 11) is 0. The van der Waals surface area contributed by atoms with Crippen molar-refractivity contribution in [2.75, 3.05) is 26.2 Å². The molecule has 0 radical (unpaired) electrons. The number of piperidine rings is 1. The smallest absolute Gasteiger partial charge is 0.159 e. The van der Waals surface area contributed by atoms with Gasteiger partial charge in [-0.2, -0.15) is 0 Å². The molecule has 168 valence electrons. The molecule has 31 heavy (non-hydrogen) atoms. The van der Waals surface area contributed by atoms with E-state index in [1.165, 1.54) is 64.5 Å². The Labute approximate surface area is 188 Å². The molecular weight excluding hydrogens is 382 g/mol. The van der Waals surface area contributed by atoms with Crippen molar-refractivity contribution < 1.29 is 9.53 Å². The molecule has 1 saturated carbocycles. The maximum Gasteiger partial charge on any atom is 0.159 e. The molecule has 3 nitrogen and oxygen atoms in total. The van der Waals surface area contributed by atoms with Gasteiger partial charge >= 0.3 is 0 Å². The number of benzene rings is 2. The average molecular weight is 422 g/mol. The number of rotatable bonds is 6. The highest BCUT2D eigenvalue weighted by atomic mass is 16.5. The first-order valence-electron chi connectivity index (χ1n) is 12.2. The number of likely N-dealkylation sites (tertiary alicyclic amines) is 1. The van der Waals surface area contributed by atoms with Gasteiger partial charge in [0, 0.05) is 12.1 Å². The Balaban J connectivity index is 0.000000330. The molecule has 0 bridgehead atoms. The highest BCUT2D eigenvalue weighted by Gasteiger charge is 2.09. The monoisotopic (exact) mass is 421 g/mol. The van der Waals surface area contributed by atoms with E-state index < -0.39 is 0 Å². The quantitative estimate of drug-likeness (QED) is 0.470. The molecular formula is C28H39NO2. The van der Waals surface area contributed by atoms with Crippen molar-refractivity contribution >= 4 is 5.78 Å². The van der Waals surface area contributed by atoms with Gasteiger partial charge in [0.25, 0.3) is 0 Å². The van der Waals surface area contributed by atoms with Crippen LogP contribution in [0.25, 0.3) is 11.1 Å². The summed E-state index contributed by atoms with van der Waals surface area (Å²) in [4.78, 5) is 13.8. The zero-order chi connectivity index (χ0) is 21.9. The maximum absolute atomic E-state index is 11.3. The molecule has 3 heteroatoms. The highest BCUT2D eigenvalue weighted by Crippen LogP contribution is 2.23. The molecule has 1 heterocycles. The van der Waals surface area contributed by atoms with E-state index in [1.54, 1.807) is 6.92 Å². The van der Waals surface area contributed by atoms with Crippen LogP contribution in [0.1, 0.15) is 75.6 Å². The molecule has 0 spiro atoms. The lowest BCUT2D eigenvalue weighted by Crippen LogP contribution is -2.33. The Morgan fingerprint density at radius 2 is 1.39 bits per heavy atom. The Bertz CT molecular complexity index is 770. The molecule has 0 unspecified atom stereocenters. The zero-order valence-corrected chi connectivity index (χ0v) is 19.4. The van der Waals surface area contributed by atoms with Crippen LogP contribution in [-0.4, -0.2) is 36.9 Å². The summed E-state index contributed by atoms with van der Waals surface area (Å²) < 4.78 is 5.86. The second-order valence-corrected chi connectivity index (χ2v) is 9.15. The van der Waals surface area contributed by atoms with E-state index in [2.05, 4.69) is 24.0 Å². The molecule has 2 aliphatic rings. The number of carbonyl (C=O) groups is 1. The lowest BCUT2D eigenvalue weighted by atomic mass is 9.91. The van der Waals surface area contributed by atoms with Crippen molar-refractivity contribution in [2.45, 2.75) is 65.2 Å². The van der Waals surface area contributed by atoms with Crippen molar-refractivity contribution in [3.05, 3.63) is 54.1 Å². The first-order valence-corrected chi connectivity index (χ1v) is 12.2. The van der Waals surface area contributed by atoms with Crippen LogP contribution in [0.15, 0.2) is 48.5 Å². The van der Waals surface area contributed by atoms with Crippen molar-refractivity contribution in [3.63, 3.8) is 0 Å². The summed E-state index contributed by atoms with van der Waals surface area (Å²) in [5, 5.41) is 0. The molecule has 0 amide bonds. The molecule has 0 N–H and O–H groups in total. The normalized spacial score (nSPS) is 17.5. The van der Waals surface area contributed by atoms with Gasteiger partial charge in [-0.05, 0) is 62.0 Å². The van der Waals surface area contributed by atoms with Crippen LogP contribution in [-0.2, 0) is 0 Å². The third kappa shape index (κ3) is 8.14. The minimum atomic E-state index is 0.0963. The largest absolute Gasteiger partial charge is 0.492 e. The first-order chi connectivity index (χ1) is 15.1. The number of hydrogen-bond acceptors (Lipinski definition) is 3. The molecule has 1 aliphatic heterocycles. The summed E-state index contributed by atoms with van der Waals surface area (Å²) in [6, 6.07) is 15.9. The fourth-order valence-electron chi connectivity index (χ4n) is 4.42. The third-order valence-electron chi connectivity index (χ3n) is 6.50. The first kappa shape index (κ1) is 23.5. The summed E-state index contributed by atoms with van der Waals surface area (Å²) in [6.07, 6.45) is 11.4. The fourth-order valence-corrected chi connectivity index (χ4v) is 4.42. The molecule has 2 aromatic rings. The standard InChI is InChI=1S/C21H25NO2.C7H14/c1-17(23)18-5-7-19(8-6-18)20-9-11-21(12-10-20)24-16-15-22-13-3-2-4-14-22;1-7-5-3-2-4-6-7/h5-12H,2-4,13-16H2,1H3;7H,2-6H2,1H3. The number of hydrogen-bond donors (Lipinski definition) is 0. The summed E-state index contributed by atoms with van der Waals surface area (Å²) in [5.41, 5.74) is 2.99. The van der Waals surface area contributed by atoms with Crippen LogP contribution >= 0.6 is 0 Å². The second-order valence-electron chi connectivity index (χ2n) is 9.15. The molecule has 2 aromatic carbocycles. The van der Waals surface area contributed by atoms with Gasteiger partial charge in [-0.25, -0.2) is 0 Å². The van der Waals surface area contributed by atoms with E-state index in [1.807, 2.05) is 36.4 Å². The van der Waals surface area contributed by atoms with Crippen LogP contribution in [0, 0.1) is 5.92 Å². The predicted octanol–water partition coefficient (Wildman–Crippen LogP) is 7.01. The van der Waals surface area contributed by atoms with Gasteiger partial charge in [0.2, 0.25) is 0 Å². The van der Waals surface area contributed by atoms with Gasteiger partial charge < -0.3 is 4.74 Å². The van der Waals surface area contributed by atoms with Gasteiger partial charge in [0.05, 0.1) is 0 Å². The summed E-state index contributed by atoms with van der Waals surface area (Å²) in [6.45, 7) is 8.11. The number of ketones is 1. The van der Waals surface area contributed by atoms with E-state index >= 15 is 0 Å². The third-order valence-corrected chi connectivity index (χ3v) is 6.50. The number of ether oxygens (including phenoxy) is 1. The van der Waals surface area contributed by atoms with E-state index in [4.69, 9.17) is 4.74 Å². The van der Waals surface area contributed by atoms with Crippen LogP contribution in [0.4, 0.5) is 0 Å². The second kappa shape index (κ2) is 12.7. The average Bonchev–Trinajstić information content (AvgIpc) is 2.81.